The highest BCUT2D eigenvalue weighted by Gasteiger charge is 2.34. The van der Waals surface area contributed by atoms with E-state index in [1.165, 1.54) is 0 Å². The van der Waals surface area contributed by atoms with E-state index < -0.39 is 15.6 Å². The molecule has 1 N–H and O–H groups in total. The number of hydrogen-bond donors (Lipinski definition) is 1. The number of nitrogens with one attached hydrogen (secondary N) is 1. The molecular weight excluding hydrogens is 326 g/mol. The molecule has 1 aromatic rings. The number of nitrogens with zero attached hydrogens (tertiary/aromatic N) is 2. The van der Waals surface area contributed by atoms with Gasteiger partial charge in [-0.05, 0) is 53.9 Å². The summed E-state index contributed by atoms with van der Waals surface area (Å²) in [6.45, 7) is 10.3. The van der Waals surface area contributed by atoms with Crippen molar-refractivity contribution >= 4 is 15.9 Å². The van der Waals surface area contributed by atoms with E-state index in [0.29, 0.717) is 30.0 Å². The van der Waals surface area contributed by atoms with Crippen LogP contribution < -0.4 is 4.72 Å². The molecule has 0 spiro atoms. The smallest absolute Gasteiger partial charge is 0.257 e. The fraction of sp³-hybridized carbons (Fsp3) is 0.706. The summed E-state index contributed by atoms with van der Waals surface area (Å²) < 4.78 is 30.4. The monoisotopic (exact) mass is 355 g/mol. The second-order valence-electron chi connectivity index (χ2n) is 7.64. The first-order valence-electron chi connectivity index (χ1n) is 8.45. The van der Waals surface area contributed by atoms with E-state index in [4.69, 9.17) is 0 Å². The van der Waals surface area contributed by atoms with E-state index in [-0.39, 0.29) is 10.8 Å². The lowest BCUT2D eigenvalue weighted by atomic mass is 10.1. The minimum atomic E-state index is -3.78. The molecule has 0 atom stereocenters. The summed E-state index contributed by atoms with van der Waals surface area (Å²) in [6.07, 6.45) is 3.06. The summed E-state index contributed by atoms with van der Waals surface area (Å²) in [5.74, 6) is -0.176. The van der Waals surface area contributed by atoms with Crippen LogP contribution in [0.1, 0.15) is 61.8 Å². The highest BCUT2D eigenvalue weighted by atomic mass is 32.2. The highest BCUT2D eigenvalue weighted by Crippen LogP contribution is 2.29. The highest BCUT2D eigenvalue weighted by molar-refractivity contribution is 7.89. The Morgan fingerprint density at radius 1 is 1.04 bits per heavy atom. The van der Waals surface area contributed by atoms with Gasteiger partial charge in [-0.2, -0.15) is 0 Å². The molecule has 0 radical (unpaired) electrons. The SMILES string of the molecule is Cc1c(C(=O)N2CCCCC2)c(S(=O)(=O)NC(C)(C)C)c(C)n1C. The standard InChI is InChI=1S/C17H29N3O3S/c1-12-14(16(21)20-10-8-7-9-11-20)15(13(2)19(12)6)24(22,23)18-17(3,4)5/h18H,7-11H2,1-6H3. The molecular formula is C17H29N3O3S. The molecule has 2 heterocycles. The normalized spacial score (nSPS) is 16.5. The van der Waals surface area contributed by atoms with Crippen LogP contribution in [0.2, 0.25) is 0 Å². The summed E-state index contributed by atoms with van der Waals surface area (Å²) in [5.41, 5.74) is 0.983. The van der Waals surface area contributed by atoms with Crippen LogP contribution in [0.25, 0.3) is 0 Å². The number of carbonyl (C=O) groups is 1. The number of likely N-dealkylation sites (tertiary alicyclic amines) is 1. The van der Waals surface area contributed by atoms with Crippen molar-refractivity contribution in [3.8, 4) is 0 Å². The number of piperidine rings is 1. The van der Waals surface area contributed by atoms with Gasteiger partial charge in [0.15, 0.2) is 0 Å². The first kappa shape index (κ1) is 19.0. The minimum Gasteiger partial charge on any atom is -0.350 e. The van der Waals surface area contributed by atoms with Gasteiger partial charge >= 0.3 is 0 Å². The second-order valence-corrected chi connectivity index (χ2v) is 9.26. The van der Waals surface area contributed by atoms with Crippen molar-refractivity contribution in [1.82, 2.24) is 14.2 Å². The van der Waals surface area contributed by atoms with Gasteiger partial charge in [-0.15, -0.1) is 0 Å². The van der Waals surface area contributed by atoms with Gasteiger partial charge < -0.3 is 9.47 Å². The van der Waals surface area contributed by atoms with Crippen molar-refractivity contribution in [2.24, 2.45) is 7.05 Å². The number of hydrogen-bond acceptors (Lipinski definition) is 3. The summed E-state index contributed by atoms with van der Waals surface area (Å²) in [5, 5.41) is 0. The van der Waals surface area contributed by atoms with E-state index in [1.54, 1.807) is 51.1 Å². The quantitative estimate of drug-likeness (QED) is 0.905. The number of rotatable bonds is 3. The van der Waals surface area contributed by atoms with Crippen molar-refractivity contribution < 1.29 is 13.2 Å². The van der Waals surface area contributed by atoms with E-state index >= 15 is 0 Å². The molecule has 24 heavy (non-hydrogen) atoms. The van der Waals surface area contributed by atoms with Gasteiger partial charge in [0.25, 0.3) is 5.91 Å². The van der Waals surface area contributed by atoms with E-state index in [0.717, 1.165) is 19.3 Å². The zero-order valence-electron chi connectivity index (χ0n) is 15.6. The van der Waals surface area contributed by atoms with Crippen LogP contribution in [-0.2, 0) is 17.1 Å². The third-order valence-corrected chi connectivity index (χ3v) is 6.41. The fourth-order valence-corrected chi connectivity index (χ4v) is 5.14. The Morgan fingerprint density at radius 2 is 1.58 bits per heavy atom. The number of aromatic nitrogens is 1. The van der Waals surface area contributed by atoms with Crippen molar-refractivity contribution in [2.45, 2.75) is 64.3 Å². The molecule has 1 aliphatic rings. The predicted octanol–water partition coefficient (Wildman–Crippen LogP) is 2.34. The minimum absolute atomic E-state index is 0.119. The number of sulfonamides is 1. The van der Waals surface area contributed by atoms with Crippen molar-refractivity contribution in [3.05, 3.63) is 17.0 Å². The second kappa shape index (κ2) is 6.52. The Bertz CT molecular complexity index is 736. The molecule has 0 aromatic carbocycles. The third-order valence-electron chi connectivity index (χ3n) is 4.49. The first-order chi connectivity index (χ1) is 11.0. The van der Waals surface area contributed by atoms with Crippen LogP contribution in [0.3, 0.4) is 0 Å². The Balaban J connectivity index is 2.56. The molecule has 0 unspecified atom stereocenters. The molecule has 0 bridgehead atoms. The lowest BCUT2D eigenvalue weighted by molar-refractivity contribution is 0.0719. The van der Waals surface area contributed by atoms with Gasteiger partial charge in [0.05, 0.1) is 5.56 Å². The maximum Gasteiger partial charge on any atom is 0.257 e. The molecule has 1 aromatic heterocycles. The lowest BCUT2D eigenvalue weighted by Crippen LogP contribution is -2.42. The lowest BCUT2D eigenvalue weighted by Gasteiger charge is -2.27. The molecule has 6 nitrogen and oxygen atoms in total. The van der Waals surface area contributed by atoms with E-state index in [2.05, 4.69) is 4.72 Å². The Hall–Kier alpha value is -1.34. The average molecular weight is 356 g/mol. The van der Waals surface area contributed by atoms with Gasteiger partial charge in [-0.25, -0.2) is 13.1 Å². The van der Waals surface area contributed by atoms with Crippen molar-refractivity contribution in [1.29, 1.82) is 0 Å². The molecule has 0 aliphatic carbocycles. The third kappa shape index (κ3) is 3.67. The molecule has 136 valence electrons. The molecule has 0 saturated carbocycles. The number of amides is 1. The Kier molecular flexibility index (Phi) is 5.16. The van der Waals surface area contributed by atoms with Crippen molar-refractivity contribution in [2.75, 3.05) is 13.1 Å². The zero-order valence-corrected chi connectivity index (χ0v) is 16.4. The van der Waals surface area contributed by atoms with Gasteiger partial charge in [0.2, 0.25) is 10.0 Å². The predicted molar refractivity (Wildman–Crippen MR) is 94.7 cm³/mol. The Labute approximate surface area is 145 Å². The van der Waals surface area contributed by atoms with Crippen LogP contribution >= 0.6 is 0 Å². The maximum absolute atomic E-state index is 13.0. The topological polar surface area (TPSA) is 71.4 Å². The van der Waals surface area contributed by atoms with E-state index in [9.17, 15) is 13.2 Å². The van der Waals surface area contributed by atoms with Gasteiger partial charge in [-0.3, -0.25) is 4.79 Å². The summed E-state index contributed by atoms with van der Waals surface area (Å²) >= 11 is 0. The van der Waals surface area contributed by atoms with Gasteiger partial charge in [0, 0.05) is 37.1 Å². The summed E-state index contributed by atoms with van der Waals surface area (Å²) in [6, 6.07) is 0. The van der Waals surface area contributed by atoms with E-state index in [1.807, 2.05) is 0 Å². The van der Waals surface area contributed by atoms with Crippen LogP contribution in [0.15, 0.2) is 4.90 Å². The van der Waals surface area contributed by atoms with Crippen LogP contribution in [0.4, 0.5) is 0 Å². The molecule has 1 saturated heterocycles. The van der Waals surface area contributed by atoms with Crippen LogP contribution in [-0.4, -0.2) is 42.4 Å². The van der Waals surface area contributed by atoms with Crippen LogP contribution in [0.5, 0.6) is 0 Å². The summed E-state index contributed by atoms with van der Waals surface area (Å²) in [7, 11) is -1.98. The number of carbonyl (C=O) groups excluding carboxylic acids is 1. The average Bonchev–Trinajstić information content (AvgIpc) is 2.70. The molecule has 1 amide bonds. The largest absolute Gasteiger partial charge is 0.350 e. The summed E-state index contributed by atoms with van der Waals surface area (Å²) in [4.78, 5) is 14.9. The molecule has 7 heteroatoms. The molecule has 2 rings (SSSR count). The first-order valence-corrected chi connectivity index (χ1v) is 9.93. The van der Waals surface area contributed by atoms with Gasteiger partial charge in [0.1, 0.15) is 4.90 Å². The Morgan fingerprint density at radius 3 is 2.08 bits per heavy atom. The van der Waals surface area contributed by atoms with Gasteiger partial charge in [-0.1, -0.05) is 0 Å². The van der Waals surface area contributed by atoms with Crippen molar-refractivity contribution in [3.63, 3.8) is 0 Å². The maximum atomic E-state index is 13.0. The molecule has 1 aliphatic heterocycles. The van der Waals surface area contributed by atoms with Crippen LogP contribution in [0, 0.1) is 13.8 Å². The molecule has 1 fully saturated rings. The zero-order chi connectivity index (χ0) is 18.3. The fourth-order valence-electron chi connectivity index (χ4n) is 3.21.